The number of allylic oxidation sites excluding steroid dienone is 1. The number of rotatable bonds is 2. The van der Waals surface area contributed by atoms with Gasteiger partial charge in [0.15, 0.2) is 0 Å². The Bertz CT molecular complexity index is 425. The summed E-state index contributed by atoms with van der Waals surface area (Å²) < 4.78 is 2.86. The van der Waals surface area contributed by atoms with Crippen molar-refractivity contribution in [1.82, 2.24) is 9.78 Å². The van der Waals surface area contributed by atoms with Crippen molar-refractivity contribution in [3.63, 3.8) is 0 Å². The third-order valence-corrected chi connectivity index (χ3v) is 4.18. The van der Waals surface area contributed by atoms with E-state index in [4.69, 9.17) is 0 Å². The summed E-state index contributed by atoms with van der Waals surface area (Å²) in [6, 6.07) is 0. The van der Waals surface area contributed by atoms with Gasteiger partial charge in [0, 0.05) is 13.5 Å². The second-order valence-electron chi connectivity index (χ2n) is 4.54. The summed E-state index contributed by atoms with van der Waals surface area (Å²) >= 11 is 3.53. The fourth-order valence-corrected chi connectivity index (χ4v) is 2.70. The number of hydrogen-bond acceptors (Lipinski definition) is 2. The van der Waals surface area contributed by atoms with E-state index in [0.29, 0.717) is 6.42 Å². The van der Waals surface area contributed by atoms with Crippen molar-refractivity contribution in [1.29, 1.82) is 0 Å². The minimum absolute atomic E-state index is 0.626. The molecule has 0 fully saturated rings. The summed E-state index contributed by atoms with van der Waals surface area (Å²) in [6.45, 7) is 1.97. The minimum atomic E-state index is -0.693. The minimum Gasteiger partial charge on any atom is -0.385 e. The van der Waals surface area contributed by atoms with Gasteiger partial charge in [0.05, 0.1) is 21.5 Å². The van der Waals surface area contributed by atoms with Crippen LogP contribution < -0.4 is 0 Å². The van der Waals surface area contributed by atoms with Gasteiger partial charge >= 0.3 is 0 Å². The SMILES string of the molecule is Cc1nn(C)c(CC2(O)C=CCCC2)c1Br. The van der Waals surface area contributed by atoms with Crippen molar-refractivity contribution in [2.24, 2.45) is 7.05 Å². The molecule has 88 valence electrons. The molecule has 1 N–H and O–H groups in total. The molecule has 16 heavy (non-hydrogen) atoms. The molecule has 3 nitrogen and oxygen atoms in total. The van der Waals surface area contributed by atoms with Crippen LogP contribution in [0.1, 0.15) is 30.7 Å². The van der Waals surface area contributed by atoms with E-state index in [2.05, 4.69) is 27.1 Å². The number of aryl methyl sites for hydroxylation is 2. The molecule has 1 unspecified atom stereocenters. The summed E-state index contributed by atoms with van der Waals surface area (Å²) in [5.41, 5.74) is 1.34. The van der Waals surface area contributed by atoms with Crippen molar-refractivity contribution in [2.45, 2.75) is 38.2 Å². The van der Waals surface area contributed by atoms with Crippen molar-refractivity contribution >= 4 is 15.9 Å². The average molecular weight is 285 g/mol. The highest BCUT2D eigenvalue weighted by atomic mass is 79.9. The van der Waals surface area contributed by atoms with Crippen LogP contribution in [0.5, 0.6) is 0 Å². The molecule has 0 spiro atoms. The average Bonchev–Trinajstić information content (AvgIpc) is 2.46. The topological polar surface area (TPSA) is 38.0 Å². The Morgan fingerprint density at radius 1 is 1.62 bits per heavy atom. The lowest BCUT2D eigenvalue weighted by molar-refractivity contribution is 0.0730. The lowest BCUT2D eigenvalue weighted by Gasteiger charge is -2.27. The lowest BCUT2D eigenvalue weighted by Crippen LogP contribution is -2.31. The van der Waals surface area contributed by atoms with Gasteiger partial charge in [-0.2, -0.15) is 5.10 Å². The van der Waals surface area contributed by atoms with Crippen LogP contribution in [0.15, 0.2) is 16.6 Å². The Kier molecular flexibility index (Phi) is 3.22. The molecule has 1 aromatic heterocycles. The summed E-state index contributed by atoms with van der Waals surface area (Å²) in [5, 5.41) is 14.8. The molecule has 0 radical (unpaired) electrons. The highest BCUT2D eigenvalue weighted by Gasteiger charge is 2.28. The Balaban J connectivity index is 2.26. The maximum absolute atomic E-state index is 10.4. The van der Waals surface area contributed by atoms with E-state index < -0.39 is 5.60 Å². The standard InChI is InChI=1S/C12H17BrN2O/c1-9-11(13)10(15(2)14-9)8-12(16)6-4-3-5-7-12/h4,6,16H,3,5,7-8H2,1-2H3. The van der Waals surface area contributed by atoms with Crippen molar-refractivity contribution in [3.8, 4) is 0 Å². The highest BCUT2D eigenvalue weighted by Crippen LogP contribution is 2.30. The van der Waals surface area contributed by atoms with Crippen molar-refractivity contribution in [2.75, 3.05) is 0 Å². The van der Waals surface area contributed by atoms with Gasteiger partial charge in [-0.15, -0.1) is 0 Å². The molecule has 2 rings (SSSR count). The first-order chi connectivity index (χ1) is 7.52. The number of aliphatic hydroxyl groups is 1. The van der Waals surface area contributed by atoms with Gasteiger partial charge in [-0.3, -0.25) is 4.68 Å². The summed E-state index contributed by atoms with van der Waals surface area (Å²) in [6.07, 6.45) is 7.60. The zero-order valence-electron chi connectivity index (χ0n) is 9.70. The number of hydrogen-bond donors (Lipinski definition) is 1. The lowest BCUT2D eigenvalue weighted by atomic mass is 9.87. The number of aromatic nitrogens is 2. The summed E-state index contributed by atoms with van der Waals surface area (Å²) in [5.74, 6) is 0. The van der Waals surface area contributed by atoms with Gasteiger partial charge in [-0.1, -0.05) is 12.2 Å². The van der Waals surface area contributed by atoms with Crippen LogP contribution in [0, 0.1) is 6.92 Å². The van der Waals surface area contributed by atoms with E-state index in [-0.39, 0.29) is 0 Å². The maximum Gasteiger partial charge on any atom is 0.0883 e. The molecular weight excluding hydrogens is 268 g/mol. The first-order valence-electron chi connectivity index (χ1n) is 5.60. The van der Waals surface area contributed by atoms with E-state index >= 15 is 0 Å². The number of nitrogens with zero attached hydrogens (tertiary/aromatic N) is 2. The van der Waals surface area contributed by atoms with E-state index in [1.165, 1.54) is 0 Å². The third-order valence-electron chi connectivity index (χ3n) is 3.14. The van der Waals surface area contributed by atoms with Crippen LogP contribution in [-0.2, 0) is 13.5 Å². The maximum atomic E-state index is 10.4. The molecule has 1 atom stereocenters. The van der Waals surface area contributed by atoms with Crippen LogP contribution in [0.25, 0.3) is 0 Å². The van der Waals surface area contributed by atoms with E-state index in [1.807, 2.05) is 24.7 Å². The van der Waals surface area contributed by atoms with Crippen LogP contribution >= 0.6 is 15.9 Å². The van der Waals surface area contributed by atoms with E-state index in [9.17, 15) is 5.11 Å². The Hall–Kier alpha value is -0.610. The third kappa shape index (κ3) is 2.23. The molecule has 1 aromatic rings. The molecule has 0 saturated heterocycles. The fourth-order valence-electron chi connectivity index (χ4n) is 2.22. The van der Waals surface area contributed by atoms with Crippen molar-refractivity contribution < 1.29 is 5.11 Å². The molecule has 1 aliphatic carbocycles. The van der Waals surface area contributed by atoms with Crippen LogP contribution in [0.3, 0.4) is 0 Å². The van der Waals surface area contributed by atoms with Gasteiger partial charge in [-0.05, 0) is 42.1 Å². The van der Waals surface area contributed by atoms with Crippen LogP contribution in [0.4, 0.5) is 0 Å². The second-order valence-corrected chi connectivity index (χ2v) is 5.34. The number of halogens is 1. The highest BCUT2D eigenvalue weighted by molar-refractivity contribution is 9.10. The first-order valence-corrected chi connectivity index (χ1v) is 6.39. The predicted molar refractivity (Wildman–Crippen MR) is 67.3 cm³/mol. The Labute approximate surface area is 104 Å². The largest absolute Gasteiger partial charge is 0.385 e. The summed E-state index contributed by atoms with van der Waals surface area (Å²) in [4.78, 5) is 0. The molecule has 0 saturated carbocycles. The molecule has 0 aliphatic heterocycles. The molecular formula is C12H17BrN2O. The van der Waals surface area contributed by atoms with Gasteiger partial charge in [0.2, 0.25) is 0 Å². The molecule has 0 bridgehead atoms. The van der Waals surface area contributed by atoms with Gasteiger partial charge in [0.1, 0.15) is 0 Å². The molecule has 1 aliphatic rings. The molecule has 0 amide bonds. The van der Waals surface area contributed by atoms with Crippen LogP contribution in [-0.4, -0.2) is 20.5 Å². The van der Waals surface area contributed by atoms with E-state index in [0.717, 1.165) is 35.1 Å². The quantitative estimate of drug-likeness (QED) is 0.848. The zero-order chi connectivity index (χ0) is 11.8. The van der Waals surface area contributed by atoms with Gasteiger partial charge < -0.3 is 5.11 Å². The van der Waals surface area contributed by atoms with Gasteiger partial charge in [0.25, 0.3) is 0 Å². The second kappa shape index (κ2) is 4.34. The van der Waals surface area contributed by atoms with Crippen LogP contribution in [0.2, 0.25) is 0 Å². The first kappa shape index (κ1) is 11.9. The normalized spacial score (nSPS) is 25.0. The summed E-state index contributed by atoms with van der Waals surface area (Å²) in [7, 11) is 1.92. The monoisotopic (exact) mass is 284 g/mol. The molecule has 4 heteroatoms. The zero-order valence-corrected chi connectivity index (χ0v) is 11.3. The predicted octanol–water partition coefficient (Wildman–Crippen LogP) is 2.50. The fraction of sp³-hybridized carbons (Fsp3) is 0.583. The molecule has 0 aromatic carbocycles. The Morgan fingerprint density at radius 2 is 2.38 bits per heavy atom. The van der Waals surface area contributed by atoms with E-state index in [1.54, 1.807) is 0 Å². The van der Waals surface area contributed by atoms with Gasteiger partial charge in [-0.25, -0.2) is 0 Å². The van der Waals surface area contributed by atoms with Crippen molar-refractivity contribution in [3.05, 3.63) is 28.0 Å². The molecule has 1 heterocycles. The Morgan fingerprint density at radius 3 is 2.88 bits per heavy atom. The smallest absolute Gasteiger partial charge is 0.0883 e.